The zero-order valence-corrected chi connectivity index (χ0v) is 11.2. The summed E-state index contributed by atoms with van der Waals surface area (Å²) >= 11 is 4.93. The van der Waals surface area contributed by atoms with Crippen molar-refractivity contribution < 1.29 is 22.1 Å². The maximum atomic E-state index is 9.57. The Kier molecular flexibility index (Phi) is 7.16. The minimum Gasteiger partial charge on any atom is -1.00 e. The van der Waals surface area contributed by atoms with Crippen molar-refractivity contribution in [2.75, 3.05) is 6.54 Å². The monoisotopic (exact) mass is 274 g/mol. The van der Waals surface area contributed by atoms with Gasteiger partial charge in [-0.2, -0.15) is 9.67 Å². The van der Waals surface area contributed by atoms with Gasteiger partial charge in [-0.3, -0.25) is 5.43 Å². The van der Waals surface area contributed by atoms with Crippen LogP contribution in [0, 0.1) is 0 Å². The predicted molar refractivity (Wildman–Crippen MR) is 66.3 cm³/mol. The van der Waals surface area contributed by atoms with Crippen molar-refractivity contribution in [3.63, 3.8) is 0 Å². The Bertz CT molecular complexity index is 391. The third-order valence-electron chi connectivity index (χ3n) is 1.90. The fourth-order valence-electron chi connectivity index (χ4n) is 1.12. The largest absolute Gasteiger partial charge is 1.00 e. The zero-order chi connectivity index (χ0) is 12.0. The first-order chi connectivity index (χ1) is 7.65. The average molecular weight is 275 g/mol. The Labute approximate surface area is 112 Å². The van der Waals surface area contributed by atoms with E-state index in [2.05, 4.69) is 15.8 Å². The van der Waals surface area contributed by atoms with Gasteiger partial charge in [-0.15, -0.1) is 0 Å². The molecule has 0 fully saturated rings. The quantitative estimate of drug-likeness (QED) is 0.239. The maximum absolute atomic E-state index is 9.57. The summed E-state index contributed by atoms with van der Waals surface area (Å²) in [4.78, 5) is 0. The molecule has 17 heavy (non-hydrogen) atoms. The van der Waals surface area contributed by atoms with E-state index in [1.54, 1.807) is 16.7 Å². The number of hydrogen-bond donors (Lipinski definition) is 3. The number of aromatic hydroxyl groups is 1. The van der Waals surface area contributed by atoms with Crippen molar-refractivity contribution in [1.82, 2.24) is 10.7 Å². The van der Waals surface area contributed by atoms with E-state index in [4.69, 9.17) is 12.2 Å². The highest BCUT2D eigenvalue weighted by molar-refractivity contribution is 7.80. The third-order valence-corrected chi connectivity index (χ3v) is 2.13. The summed E-state index contributed by atoms with van der Waals surface area (Å²) in [7, 11) is 1.82. The summed E-state index contributed by atoms with van der Waals surface area (Å²) in [6.07, 6.45) is 3.34. The fraction of sp³-hybridized carbons (Fsp3) is 0.300. The van der Waals surface area contributed by atoms with Gasteiger partial charge in [-0.25, -0.2) is 0 Å². The standard InChI is InChI=1S/C10H14N4OS.ClH/c1-3-11-10(16)13-12-7-8-9(15)5-4-6-14(8)2;/h4-7H,3H2,1-2H3,(H2,11,15,16);1H. The predicted octanol–water partition coefficient (Wildman–Crippen LogP) is -2.96. The lowest BCUT2D eigenvalue weighted by molar-refractivity contribution is -0.672. The summed E-state index contributed by atoms with van der Waals surface area (Å²) in [6, 6.07) is 3.35. The molecular weight excluding hydrogens is 260 g/mol. The third kappa shape index (κ3) is 4.97. The van der Waals surface area contributed by atoms with Crippen molar-refractivity contribution in [3.05, 3.63) is 24.0 Å². The molecule has 0 saturated carbocycles. The van der Waals surface area contributed by atoms with E-state index in [0.717, 1.165) is 6.54 Å². The fourth-order valence-corrected chi connectivity index (χ4v) is 1.32. The molecule has 0 saturated heterocycles. The van der Waals surface area contributed by atoms with Gasteiger partial charge in [0, 0.05) is 12.6 Å². The Morgan fingerprint density at radius 2 is 2.35 bits per heavy atom. The minimum atomic E-state index is 0. The molecule has 0 aliphatic heterocycles. The van der Waals surface area contributed by atoms with E-state index >= 15 is 0 Å². The molecule has 94 valence electrons. The van der Waals surface area contributed by atoms with Crippen LogP contribution in [0.4, 0.5) is 0 Å². The summed E-state index contributed by atoms with van der Waals surface area (Å²) in [5.74, 6) is 0.171. The number of aryl methyl sites for hydroxylation is 1. The van der Waals surface area contributed by atoms with Crippen LogP contribution in [0.2, 0.25) is 0 Å². The number of nitrogens with one attached hydrogen (secondary N) is 2. The number of hydrazone groups is 1. The van der Waals surface area contributed by atoms with E-state index < -0.39 is 0 Å². The molecule has 0 aliphatic carbocycles. The smallest absolute Gasteiger partial charge is 0.267 e. The molecule has 1 rings (SSSR count). The second-order valence-electron chi connectivity index (χ2n) is 3.12. The molecule has 0 unspecified atom stereocenters. The molecule has 1 heterocycles. The average Bonchev–Trinajstić information content (AvgIpc) is 2.23. The first-order valence-electron chi connectivity index (χ1n) is 4.89. The van der Waals surface area contributed by atoms with E-state index in [-0.39, 0.29) is 18.2 Å². The number of pyridine rings is 1. The summed E-state index contributed by atoms with van der Waals surface area (Å²) < 4.78 is 1.76. The first kappa shape index (κ1) is 15.6. The zero-order valence-electron chi connectivity index (χ0n) is 9.64. The van der Waals surface area contributed by atoms with Gasteiger partial charge < -0.3 is 22.8 Å². The van der Waals surface area contributed by atoms with Crippen LogP contribution in [0.25, 0.3) is 0 Å². The van der Waals surface area contributed by atoms with Crippen LogP contribution >= 0.6 is 12.2 Å². The molecule has 0 aromatic carbocycles. The van der Waals surface area contributed by atoms with Crippen LogP contribution in [-0.4, -0.2) is 23.0 Å². The molecule has 0 bridgehead atoms. The number of thiocarbonyl (C=S) groups is 1. The molecule has 1 aromatic rings. The highest BCUT2D eigenvalue weighted by Gasteiger charge is 2.08. The Morgan fingerprint density at radius 1 is 1.65 bits per heavy atom. The van der Waals surface area contributed by atoms with Crippen LogP contribution < -0.4 is 27.7 Å². The van der Waals surface area contributed by atoms with Crippen molar-refractivity contribution in [2.24, 2.45) is 12.1 Å². The maximum Gasteiger partial charge on any atom is 0.267 e. The van der Waals surface area contributed by atoms with Gasteiger partial charge in [-0.05, 0) is 25.2 Å². The van der Waals surface area contributed by atoms with E-state index in [0.29, 0.717) is 10.8 Å². The number of aromatic nitrogens is 1. The highest BCUT2D eigenvalue weighted by atomic mass is 35.5. The van der Waals surface area contributed by atoms with Crippen LogP contribution in [0.15, 0.2) is 23.4 Å². The van der Waals surface area contributed by atoms with Crippen LogP contribution in [0.3, 0.4) is 0 Å². The number of hydrogen-bond acceptors (Lipinski definition) is 3. The molecule has 0 radical (unpaired) electrons. The van der Waals surface area contributed by atoms with Gasteiger partial charge in [-0.1, -0.05) is 0 Å². The highest BCUT2D eigenvalue weighted by Crippen LogP contribution is 2.07. The summed E-state index contributed by atoms with van der Waals surface area (Å²) in [6.45, 7) is 2.69. The second-order valence-corrected chi connectivity index (χ2v) is 3.53. The number of nitrogens with zero attached hydrogens (tertiary/aromatic N) is 2. The Hall–Kier alpha value is -1.40. The normalized spacial score (nSPS) is 9.76. The van der Waals surface area contributed by atoms with Crippen LogP contribution in [0.5, 0.6) is 5.75 Å². The Balaban J connectivity index is 0.00000256. The summed E-state index contributed by atoms with van der Waals surface area (Å²) in [5, 5.41) is 16.8. The number of rotatable bonds is 3. The second kappa shape index (κ2) is 7.81. The lowest BCUT2D eigenvalue weighted by Crippen LogP contribution is -3.00. The molecule has 3 N–H and O–H groups in total. The van der Waals surface area contributed by atoms with Gasteiger partial charge in [0.25, 0.3) is 5.69 Å². The molecule has 5 nitrogen and oxygen atoms in total. The molecule has 7 heteroatoms. The van der Waals surface area contributed by atoms with Crippen molar-refractivity contribution in [1.29, 1.82) is 0 Å². The van der Waals surface area contributed by atoms with Crippen molar-refractivity contribution >= 4 is 23.5 Å². The van der Waals surface area contributed by atoms with Gasteiger partial charge >= 0.3 is 0 Å². The lowest BCUT2D eigenvalue weighted by atomic mass is 10.3. The first-order valence-corrected chi connectivity index (χ1v) is 5.30. The van der Waals surface area contributed by atoms with Gasteiger partial charge in [0.05, 0.1) is 0 Å². The lowest BCUT2D eigenvalue weighted by Gasteiger charge is -2.02. The number of halogens is 1. The minimum absolute atomic E-state index is 0. The van der Waals surface area contributed by atoms with Gasteiger partial charge in [0.15, 0.2) is 17.1 Å². The SMILES string of the molecule is CCNC(=S)NN=Cc1c(O)ccc[n+]1C.[Cl-]. The molecule has 0 amide bonds. The van der Waals surface area contributed by atoms with E-state index in [1.807, 2.05) is 20.2 Å². The van der Waals surface area contributed by atoms with E-state index in [9.17, 15) is 5.11 Å². The van der Waals surface area contributed by atoms with Crippen molar-refractivity contribution in [2.45, 2.75) is 6.92 Å². The van der Waals surface area contributed by atoms with E-state index in [1.165, 1.54) is 6.21 Å². The molecule has 1 aromatic heterocycles. The Morgan fingerprint density at radius 3 is 2.94 bits per heavy atom. The molecular formula is C10H15ClN4OS. The molecule has 0 atom stereocenters. The van der Waals surface area contributed by atoms with Crippen molar-refractivity contribution in [3.8, 4) is 5.75 Å². The van der Waals surface area contributed by atoms with Crippen LogP contribution in [-0.2, 0) is 7.05 Å². The summed E-state index contributed by atoms with van der Waals surface area (Å²) in [5.41, 5.74) is 3.26. The molecule has 0 spiro atoms. The van der Waals surface area contributed by atoms with Crippen LogP contribution in [0.1, 0.15) is 12.6 Å². The topological polar surface area (TPSA) is 60.5 Å². The molecule has 0 aliphatic rings. The van der Waals surface area contributed by atoms with Gasteiger partial charge in [0.2, 0.25) is 0 Å². The van der Waals surface area contributed by atoms with Gasteiger partial charge in [0.1, 0.15) is 13.3 Å².